The Bertz CT molecular complexity index is 941. The number of hydrogen-bond acceptors (Lipinski definition) is 5. The summed E-state index contributed by atoms with van der Waals surface area (Å²) in [6.45, 7) is 2.81. The molecule has 1 aromatic carbocycles. The van der Waals surface area contributed by atoms with Crippen molar-refractivity contribution in [1.29, 1.82) is 0 Å². The van der Waals surface area contributed by atoms with Crippen LogP contribution in [-0.4, -0.2) is 66.5 Å². The quantitative estimate of drug-likeness (QED) is 0.823. The van der Waals surface area contributed by atoms with Crippen molar-refractivity contribution >= 4 is 33.5 Å². The number of piperazine rings is 1. The van der Waals surface area contributed by atoms with Gasteiger partial charge in [-0.25, -0.2) is 17.6 Å². The van der Waals surface area contributed by atoms with Crippen molar-refractivity contribution < 1.29 is 17.6 Å². The van der Waals surface area contributed by atoms with E-state index in [1.54, 1.807) is 11.0 Å². The topological polar surface area (TPSA) is 87.5 Å². The second kappa shape index (κ2) is 7.83. The van der Waals surface area contributed by atoms with Gasteiger partial charge in [0.15, 0.2) is 5.82 Å². The molecule has 0 aliphatic carbocycles. The molecular weight excluding hydrogens is 397 g/mol. The number of sulfonamides is 1. The largest absolute Gasteiger partial charge is 0.344 e. The van der Waals surface area contributed by atoms with Gasteiger partial charge < -0.3 is 4.90 Å². The number of hydrogen-bond donors (Lipinski definition) is 1. The predicted molar refractivity (Wildman–Crippen MR) is 99.7 cm³/mol. The number of benzene rings is 1. The van der Waals surface area contributed by atoms with E-state index in [-0.39, 0.29) is 16.9 Å². The molecule has 0 radical (unpaired) electrons. The molecule has 11 heteroatoms. The van der Waals surface area contributed by atoms with E-state index in [1.807, 2.05) is 0 Å². The molecule has 1 aliphatic rings. The molecule has 146 valence electrons. The van der Waals surface area contributed by atoms with Crippen LogP contribution in [0.5, 0.6) is 0 Å². The zero-order chi connectivity index (χ0) is 19.6. The van der Waals surface area contributed by atoms with Gasteiger partial charge in [-0.15, -0.1) is 5.10 Å². The summed E-state index contributed by atoms with van der Waals surface area (Å²) >= 11 is 5.69. The molecule has 1 saturated heterocycles. The van der Waals surface area contributed by atoms with Crippen molar-refractivity contribution in [3.63, 3.8) is 0 Å². The monoisotopic (exact) mass is 415 g/mol. The van der Waals surface area contributed by atoms with E-state index in [9.17, 15) is 17.6 Å². The van der Waals surface area contributed by atoms with Crippen LogP contribution in [0, 0.1) is 5.82 Å². The minimum atomic E-state index is -3.45. The molecule has 0 spiro atoms. The molecule has 1 aromatic heterocycles. The number of nitrogens with zero attached hydrogens (tertiary/aromatic N) is 4. The third-order valence-corrected chi connectivity index (χ3v) is 4.99. The summed E-state index contributed by atoms with van der Waals surface area (Å²) in [6, 6.07) is 5.83. The lowest BCUT2D eigenvalue weighted by Crippen LogP contribution is -2.49. The van der Waals surface area contributed by atoms with Crippen LogP contribution in [0.25, 0.3) is 0 Å². The molecule has 1 amide bonds. The Balaban J connectivity index is 1.55. The molecule has 3 rings (SSSR count). The fourth-order valence-electron chi connectivity index (χ4n) is 2.81. The van der Waals surface area contributed by atoms with E-state index in [2.05, 4.69) is 14.7 Å². The van der Waals surface area contributed by atoms with Gasteiger partial charge in [0, 0.05) is 45.0 Å². The highest BCUT2D eigenvalue weighted by atomic mass is 35.5. The number of anilines is 1. The van der Waals surface area contributed by atoms with Gasteiger partial charge in [-0.05, 0) is 17.7 Å². The maximum absolute atomic E-state index is 13.5. The predicted octanol–water partition coefficient (Wildman–Crippen LogP) is 1.83. The van der Waals surface area contributed by atoms with Crippen molar-refractivity contribution in [3.8, 4) is 0 Å². The van der Waals surface area contributed by atoms with Gasteiger partial charge in [-0.3, -0.25) is 9.62 Å². The second-order valence-corrected chi connectivity index (χ2v) is 8.47. The van der Waals surface area contributed by atoms with Crippen LogP contribution < -0.4 is 4.72 Å². The third-order valence-electron chi connectivity index (χ3n) is 4.11. The standard InChI is InChI=1S/C16H19ClFN5O3S/c1-27(25,26)20-15-4-5-23(19-15)16(24)22-8-6-21(7-9-22)11-12-2-3-13(17)14(18)10-12/h2-5,10H,6-9,11H2,1H3,(H,19,20). The van der Waals surface area contributed by atoms with Crippen LogP contribution in [-0.2, 0) is 16.6 Å². The summed E-state index contributed by atoms with van der Waals surface area (Å²) in [5, 5.41) is 4.04. The summed E-state index contributed by atoms with van der Waals surface area (Å²) in [5.41, 5.74) is 0.820. The van der Waals surface area contributed by atoms with Crippen LogP contribution in [0.15, 0.2) is 30.5 Å². The van der Waals surface area contributed by atoms with Crippen LogP contribution in [0.3, 0.4) is 0 Å². The Morgan fingerprint density at radius 1 is 1.26 bits per heavy atom. The van der Waals surface area contributed by atoms with Gasteiger partial charge in [0.05, 0.1) is 11.3 Å². The Morgan fingerprint density at radius 3 is 2.59 bits per heavy atom. The molecular formula is C16H19ClFN5O3S. The average Bonchev–Trinajstić information content (AvgIpc) is 3.05. The molecule has 2 heterocycles. The number of amides is 1. The molecule has 1 aliphatic heterocycles. The van der Waals surface area contributed by atoms with Crippen molar-refractivity contribution in [3.05, 3.63) is 46.9 Å². The van der Waals surface area contributed by atoms with Crippen LogP contribution in [0.2, 0.25) is 5.02 Å². The number of nitrogens with one attached hydrogen (secondary N) is 1. The highest BCUT2D eigenvalue weighted by Gasteiger charge is 2.23. The number of carbonyl (C=O) groups excluding carboxylic acids is 1. The van der Waals surface area contributed by atoms with Gasteiger partial charge in [-0.1, -0.05) is 17.7 Å². The Labute approximate surface area is 161 Å². The molecule has 1 fully saturated rings. The third kappa shape index (κ3) is 5.18. The summed E-state index contributed by atoms with van der Waals surface area (Å²) < 4.78 is 39.3. The fraction of sp³-hybridized carbons (Fsp3) is 0.375. The van der Waals surface area contributed by atoms with E-state index in [0.29, 0.717) is 32.7 Å². The van der Waals surface area contributed by atoms with Crippen molar-refractivity contribution in [2.24, 2.45) is 0 Å². The first-order valence-electron chi connectivity index (χ1n) is 8.20. The summed E-state index contributed by atoms with van der Waals surface area (Å²) in [4.78, 5) is 16.2. The molecule has 27 heavy (non-hydrogen) atoms. The van der Waals surface area contributed by atoms with Crippen molar-refractivity contribution in [2.75, 3.05) is 37.2 Å². The number of aromatic nitrogens is 2. The normalized spacial score (nSPS) is 15.7. The Kier molecular flexibility index (Phi) is 5.68. The molecule has 2 aromatic rings. The first kappa shape index (κ1) is 19.6. The van der Waals surface area contributed by atoms with E-state index in [4.69, 9.17) is 11.6 Å². The van der Waals surface area contributed by atoms with E-state index >= 15 is 0 Å². The molecule has 0 atom stereocenters. The Hall–Kier alpha value is -2.17. The first-order valence-corrected chi connectivity index (χ1v) is 10.5. The SMILES string of the molecule is CS(=O)(=O)Nc1ccn(C(=O)N2CCN(Cc3ccc(Cl)c(F)c3)CC2)n1. The van der Waals surface area contributed by atoms with Crippen molar-refractivity contribution in [1.82, 2.24) is 19.6 Å². The maximum atomic E-state index is 13.5. The van der Waals surface area contributed by atoms with E-state index in [1.165, 1.54) is 24.4 Å². The minimum absolute atomic E-state index is 0.0919. The average molecular weight is 416 g/mol. The molecule has 0 unspecified atom stereocenters. The maximum Gasteiger partial charge on any atom is 0.344 e. The highest BCUT2D eigenvalue weighted by molar-refractivity contribution is 7.92. The summed E-state index contributed by atoms with van der Waals surface area (Å²) in [5.74, 6) is -0.352. The minimum Gasteiger partial charge on any atom is -0.320 e. The van der Waals surface area contributed by atoms with E-state index in [0.717, 1.165) is 16.5 Å². The molecule has 0 bridgehead atoms. The number of rotatable bonds is 4. The van der Waals surface area contributed by atoms with Gasteiger partial charge in [0.25, 0.3) is 0 Å². The molecule has 8 nitrogen and oxygen atoms in total. The number of halogens is 2. The fourth-order valence-corrected chi connectivity index (χ4v) is 3.42. The van der Waals surface area contributed by atoms with E-state index < -0.39 is 15.8 Å². The Morgan fingerprint density at radius 2 is 1.96 bits per heavy atom. The smallest absolute Gasteiger partial charge is 0.320 e. The molecule has 0 saturated carbocycles. The van der Waals surface area contributed by atoms with Crippen LogP contribution in [0.1, 0.15) is 5.56 Å². The summed E-state index contributed by atoms with van der Waals surface area (Å²) in [7, 11) is -3.45. The lowest BCUT2D eigenvalue weighted by Gasteiger charge is -2.34. The van der Waals surface area contributed by atoms with Gasteiger partial charge in [0.2, 0.25) is 10.0 Å². The lowest BCUT2D eigenvalue weighted by atomic mass is 10.2. The van der Waals surface area contributed by atoms with Crippen LogP contribution in [0.4, 0.5) is 15.0 Å². The van der Waals surface area contributed by atoms with Gasteiger partial charge >= 0.3 is 6.03 Å². The first-order chi connectivity index (χ1) is 12.7. The lowest BCUT2D eigenvalue weighted by molar-refractivity contribution is 0.134. The highest BCUT2D eigenvalue weighted by Crippen LogP contribution is 2.17. The van der Waals surface area contributed by atoms with Crippen LogP contribution >= 0.6 is 11.6 Å². The second-order valence-electron chi connectivity index (χ2n) is 6.31. The van der Waals surface area contributed by atoms with Gasteiger partial charge in [-0.2, -0.15) is 4.68 Å². The molecule has 1 N–H and O–H groups in total. The zero-order valence-electron chi connectivity index (χ0n) is 14.6. The summed E-state index contributed by atoms with van der Waals surface area (Å²) in [6.07, 6.45) is 2.43. The van der Waals surface area contributed by atoms with Gasteiger partial charge in [0.1, 0.15) is 5.82 Å². The van der Waals surface area contributed by atoms with Crippen molar-refractivity contribution in [2.45, 2.75) is 6.54 Å². The number of carbonyl (C=O) groups is 1. The zero-order valence-corrected chi connectivity index (χ0v) is 16.2.